The fourth-order valence-electron chi connectivity index (χ4n) is 1.61. The van der Waals surface area contributed by atoms with Crippen LogP contribution in [0.4, 0.5) is 11.4 Å². The van der Waals surface area contributed by atoms with E-state index >= 15 is 0 Å². The van der Waals surface area contributed by atoms with E-state index in [1.54, 1.807) is 23.9 Å². The number of nitrogens with zero attached hydrogens (tertiary/aromatic N) is 1. The van der Waals surface area contributed by atoms with E-state index in [1.165, 1.54) is 0 Å². The summed E-state index contributed by atoms with van der Waals surface area (Å²) in [7, 11) is 3.84. The van der Waals surface area contributed by atoms with E-state index < -0.39 is 0 Å². The molecule has 0 spiro atoms. The van der Waals surface area contributed by atoms with E-state index in [2.05, 4.69) is 11.9 Å². The molecular formula is C14H21N3OS. The van der Waals surface area contributed by atoms with Gasteiger partial charge in [0.05, 0.1) is 11.4 Å². The van der Waals surface area contributed by atoms with Gasteiger partial charge in [0.15, 0.2) is 0 Å². The smallest absolute Gasteiger partial charge is 0.251 e. The highest BCUT2D eigenvalue weighted by Gasteiger charge is 2.08. The summed E-state index contributed by atoms with van der Waals surface area (Å²) < 4.78 is 0. The van der Waals surface area contributed by atoms with Crippen molar-refractivity contribution in [3.05, 3.63) is 36.4 Å². The molecule has 0 heterocycles. The number of hydrogen-bond acceptors (Lipinski definition) is 4. The summed E-state index contributed by atoms with van der Waals surface area (Å²) in [6.45, 7) is 4.29. The third kappa shape index (κ3) is 4.87. The molecule has 4 nitrogen and oxygen atoms in total. The number of hydrogen-bond donors (Lipinski definition) is 2. The molecule has 0 aliphatic heterocycles. The molecule has 0 aromatic heterocycles. The first-order valence-electron chi connectivity index (χ1n) is 6.10. The lowest BCUT2D eigenvalue weighted by molar-refractivity contribution is 0.0956. The quantitative estimate of drug-likeness (QED) is 0.455. The zero-order chi connectivity index (χ0) is 14.3. The Balaban J connectivity index is 2.53. The number of amides is 1. The fourth-order valence-corrected chi connectivity index (χ4v) is 2.19. The van der Waals surface area contributed by atoms with Crippen molar-refractivity contribution in [3.8, 4) is 0 Å². The fraction of sp³-hybridized carbons (Fsp3) is 0.357. The number of benzene rings is 1. The van der Waals surface area contributed by atoms with Gasteiger partial charge in [-0.2, -0.15) is 11.8 Å². The average Bonchev–Trinajstić information content (AvgIpc) is 2.37. The Morgan fingerprint density at radius 1 is 1.53 bits per heavy atom. The molecule has 0 saturated carbocycles. The molecular weight excluding hydrogens is 258 g/mol. The van der Waals surface area contributed by atoms with Crippen LogP contribution in [0.5, 0.6) is 0 Å². The first-order valence-corrected chi connectivity index (χ1v) is 7.25. The lowest BCUT2D eigenvalue weighted by atomic mass is 10.1. The van der Waals surface area contributed by atoms with Crippen LogP contribution < -0.4 is 16.0 Å². The lowest BCUT2D eigenvalue weighted by Gasteiger charge is -2.15. The number of anilines is 2. The minimum Gasteiger partial charge on any atom is -0.397 e. The van der Waals surface area contributed by atoms with Crippen LogP contribution in [-0.2, 0) is 0 Å². The van der Waals surface area contributed by atoms with E-state index in [0.717, 1.165) is 17.2 Å². The SMILES string of the molecule is C=CCSCCNC(=O)c1ccc(N(C)C)c(N)c1. The minimum atomic E-state index is -0.0868. The predicted molar refractivity (Wildman–Crippen MR) is 85.0 cm³/mol. The Labute approximate surface area is 119 Å². The van der Waals surface area contributed by atoms with Crippen LogP contribution >= 0.6 is 11.8 Å². The summed E-state index contributed by atoms with van der Waals surface area (Å²) in [6.07, 6.45) is 1.85. The molecule has 0 fully saturated rings. The third-order valence-corrected chi connectivity index (χ3v) is 3.50. The van der Waals surface area contributed by atoms with Gasteiger partial charge in [-0.1, -0.05) is 6.08 Å². The first kappa shape index (κ1) is 15.4. The van der Waals surface area contributed by atoms with Crippen molar-refractivity contribution < 1.29 is 4.79 Å². The maximum absolute atomic E-state index is 11.9. The number of nitrogens with one attached hydrogen (secondary N) is 1. The van der Waals surface area contributed by atoms with E-state index in [4.69, 9.17) is 5.73 Å². The Kier molecular flexibility index (Phi) is 6.29. The van der Waals surface area contributed by atoms with Crippen LogP contribution in [0.15, 0.2) is 30.9 Å². The van der Waals surface area contributed by atoms with Crippen molar-refractivity contribution in [2.75, 3.05) is 42.8 Å². The molecule has 1 aromatic rings. The van der Waals surface area contributed by atoms with E-state index in [9.17, 15) is 4.79 Å². The second-order valence-corrected chi connectivity index (χ2v) is 5.44. The van der Waals surface area contributed by atoms with Gasteiger partial charge in [-0.3, -0.25) is 4.79 Å². The van der Waals surface area contributed by atoms with Crippen LogP contribution in [-0.4, -0.2) is 38.1 Å². The predicted octanol–water partition coefficient (Wildman–Crippen LogP) is 1.98. The molecule has 104 valence electrons. The van der Waals surface area contributed by atoms with E-state index in [-0.39, 0.29) is 5.91 Å². The third-order valence-electron chi connectivity index (χ3n) is 2.54. The molecule has 3 N–H and O–H groups in total. The summed E-state index contributed by atoms with van der Waals surface area (Å²) in [5, 5.41) is 2.87. The Hall–Kier alpha value is -1.62. The minimum absolute atomic E-state index is 0.0868. The number of carbonyl (C=O) groups excluding carboxylic acids is 1. The molecule has 0 radical (unpaired) electrons. The molecule has 0 aliphatic carbocycles. The maximum Gasteiger partial charge on any atom is 0.251 e. The highest BCUT2D eigenvalue weighted by Crippen LogP contribution is 2.22. The molecule has 0 aliphatic rings. The van der Waals surface area contributed by atoms with Gasteiger partial charge in [0.1, 0.15) is 0 Å². The maximum atomic E-state index is 11.9. The van der Waals surface area contributed by atoms with E-state index in [0.29, 0.717) is 17.8 Å². The van der Waals surface area contributed by atoms with Gasteiger partial charge in [-0.15, -0.1) is 6.58 Å². The molecule has 0 bridgehead atoms. The molecule has 19 heavy (non-hydrogen) atoms. The van der Waals surface area contributed by atoms with Crippen LogP contribution in [0.3, 0.4) is 0 Å². The summed E-state index contributed by atoms with van der Waals surface area (Å²) in [6, 6.07) is 5.36. The van der Waals surface area contributed by atoms with Crippen LogP contribution in [0.1, 0.15) is 10.4 Å². The molecule has 0 saturated heterocycles. The van der Waals surface area contributed by atoms with Crippen molar-refractivity contribution in [1.29, 1.82) is 0 Å². The topological polar surface area (TPSA) is 58.4 Å². The zero-order valence-electron chi connectivity index (χ0n) is 11.5. The van der Waals surface area contributed by atoms with E-state index in [1.807, 2.05) is 31.1 Å². The number of carbonyl (C=O) groups is 1. The monoisotopic (exact) mass is 279 g/mol. The number of nitrogen functional groups attached to an aromatic ring is 1. The molecule has 1 aromatic carbocycles. The Morgan fingerprint density at radius 3 is 2.84 bits per heavy atom. The number of rotatable bonds is 7. The lowest BCUT2D eigenvalue weighted by Crippen LogP contribution is -2.26. The first-order chi connectivity index (χ1) is 9.06. The van der Waals surface area contributed by atoms with Crippen LogP contribution in [0.25, 0.3) is 0 Å². The molecule has 1 rings (SSSR count). The Morgan fingerprint density at radius 2 is 2.26 bits per heavy atom. The molecule has 1 amide bonds. The van der Waals surface area contributed by atoms with Gasteiger partial charge in [-0.05, 0) is 18.2 Å². The highest BCUT2D eigenvalue weighted by molar-refractivity contribution is 7.99. The molecule has 0 atom stereocenters. The summed E-state index contributed by atoms with van der Waals surface area (Å²) in [5.41, 5.74) is 8.04. The second kappa shape index (κ2) is 7.74. The van der Waals surface area contributed by atoms with Gasteiger partial charge < -0.3 is 16.0 Å². The number of nitrogens with two attached hydrogens (primary N) is 1. The van der Waals surface area contributed by atoms with Gasteiger partial charge in [-0.25, -0.2) is 0 Å². The normalized spacial score (nSPS) is 10.0. The van der Waals surface area contributed by atoms with Gasteiger partial charge in [0.25, 0.3) is 5.91 Å². The summed E-state index contributed by atoms with van der Waals surface area (Å²) >= 11 is 1.74. The van der Waals surface area contributed by atoms with Crippen molar-refractivity contribution in [3.63, 3.8) is 0 Å². The van der Waals surface area contributed by atoms with Gasteiger partial charge >= 0.3 is 0 Å². The summed E-state index contributed by atoms with van der Waals surface area (Å²) in [4.78, 5) is 13.8. The Bertz CT molecular complexity index is 446. The van der Waals surface area contributed by atoms with Gasteiger partial charge in [0.2, 0.25) is 0 Å². The number of thioether (sulfide) groups is 1. The average molecular weight is 279 g/mol. The second-order valence-electron chi connectivity index (χ2n) is 4.29. The van der Waals surface area contributed by atoms with Crippen molar-refractivity contribution >= 4 is 29.0 Å². The standard InChI is InChI=1S/C14H21N3OS/c1-4-8-19-9-7-16-14(18)11-5-6-13(17(2)3)12(15)10-11/h4-6,10H,1,7-9,15H2,2-3H3,(H,16,18). The van der Waals surface area contributed by atoms with Crippen molar-refractivity contribution in [1.82, 2.24) is 5.32 Å². The molecule has 0 unspecified atom stereocenters. The van der Waals surface area contributed by atoms with Crippen LogP contribution in [0, 0.1) is 0 Å². The largest absolute Gasteiger partial charge is 0.397 e. The zero-order valence-corrected chi connectivity index (χ0v) is 12.3. The van der Waals surface area contributed by atoms with Crippen LogP contribution in [0.2, 0.25) is 0 Å². The highest BCUT2D eigenvalue weighted by atomic mass is 32.2. The van der Waals surface area contributed by atoms with Crippen molar-refractivity contribution in [2.24, 2.45) is 0 Å². The molecule has 5 heteroatoms. The van der Waals surface area contributed by atoms with Crippen molar-refractivity contribution in [2.45, 2.75) is 0 Å². The van der Waals surface area contributed by atoms with Gasteiger partial charge in [0, 0.05) is 37.7 Å². The summed E-state index contributed by atoms with van der Waals surface area (Å²) in [5.74, 6) is 1.69.